The largest absolute Gasteiger partial charge is 0.282 e. The molecule has 18 heavy (non-hydrogen) atoms. The predicted octanol–water partition coefficient (Wildman–Crippen LogP) is 1.34. The Kier molecular flexibility index (Phi) is 3.58. The van der Waals surface area contributed by atoms with Crippen LogP contribution < -0.4 is 4.72 Å². The number of benzene rings is 1. The van der Waals surface area contributed by atoms with Crippen LogP contribution in [0.3, 0.4) is 0 Å². The Morgan fingerprint density at radius 1 is 1.33 bits per heavy atom. The fraction of sp³-hybridized carbons (Fsp3) is 0.200. The Balaban J connectivity index is 2.33. The van der Waals surface area contributed by atoms with E-state index in [1.165, 1.54) is 22.6 Å². The van der Waals surface area contributed by atoms with Gasteiger partial charge in [0.05, 0.1) is 11.9 Å². The fourth-order valence-electron chi connectivity index (χ4n) is 1.38. The lowest BCUT2D eigenvalue weighted by Gasteiger charge is -2.08. The van der Waals surface area contributed by atoms with Gasteiger partial charge in [-0.25, -0.2) is 0 Å². The summed E-state index contributed by atoms with van der Waals surface area (Å²) in [6, 6.07) is 7.18. The van der Waals surface area contributed by atoms with Gasteiger partial charge in [0.2, 0.25) is 5.03 Å². The van der Waals surface area contributed by atoms with Crippen LogP contribution in [0.5, 0.6) is 0 Å². The van der Waals surface area contributed by atoms with Crippen LogP contribution in [0.15, 0.2) is 40.4 Å². The first-order chi connectivity index (χ1) is 8.53. The molecule has 2 rings (SSSR count). The lowest BCUT2D eigenvalue weighted by Crippen LogP contribution is -2.14. The van der Waals surface area contributed by atoms with Crippen molar-refractivity contribution in [2.75, 3.05) is 11.0 Å². The molecule has 96 valence electrons. The first-order valence-corrected chi connectivity index (χ1v) is 7.76. The molecule has 0 aliphatic heterocycles. The van der Waals surface area contributed by atoms with Crippen molar-refractivity contribution >= 4 is 27.5 Å². The molecule has 0 fully saturated rings. The maximum atomic E-state index is 12.0. The van der Waals surface area contributed by atoms with Crippen LogP contribution in [0.2, 0.25) is 0 Å². The lowest BCUT2D eigenvalue weighted by atomic mass is 10.3. The zero-order chi connectivity index (χ0) is 13.2. The summed E-state index contributed by atoms with van der Waals surface area (Å²) in [5.74, 6) is 0. The van der Waals surface area contributed by atoms with Gasteiger partial charge in [0.25, 0.3) is 10.0 Å². The average Bonchev–Trinajstić information content (AvgIpc) is 2.77. The number of nitrogens with one attached hydrogen (secondary N) is 1. The van der Waals surface area contributed by atoms with E-state index in [0.29, 0.717) is 5.69 Å². The highest BCUT2D eigenvalue weighted by molar-refractivity contribution is 7.99. The first-order valence-electron chi connectivity index (χ1n) is 5.05. The number of hydrogen-bond donors (Lipinski definition) is 1. The number of para-hydroxylation sites is 1. The van der Waals surface area contributed by atoms with E-state index < -0.39 is 10.0 Å². The third-order valence-corrected chi connectivity index (χ3v) is 4.23. The zero-order valence-electron chi connectivity index (χ0n) is 9.86. The van der Waals surface area contributed by atoms with E-state index in [9.17, 15) is 8.42 Å². The third-order valence-electron chi connectivity index (χ3n) is 2.21. The first kappa shape index (κ1) is 12.9. The number of aromatic nitrogens is 3. The van der Waals surface area contributed by atoms with E-state index in [-0.39, 0.29) is 5.03 Å². The van der Waals surface area contributed by atoms with Crippen molar-refractivity contribution in [3.63, 3.8) is 0 Å². The summed E-state index contributed by atoms with van der Waals surface area (Å²) in [6.07, 6.45) is 3.24. The molecule has 1 aromatic carbocycles. The maximum Gasteiger partial charge on any atom is 0.282 e. The molecule has 0 aliphatic carbocycles. The second-order valence-electron chi connectivity index (χ2n) is 3.54. The Labute approximate surface area is 109 Å². The highest BCUT2D eigenvalue weighted by Crippen LogP contribution is 2.26. The molecule has 0 amide bonds. The number of sulfonamides is 1. The number of hydrogen-bond acceptors (Lipinski definition) is 5. The lowest BCUT2D eigenvalue weighted by molar-refractivity contribution is 0.597. The van der Waals surface area contributed by atoms with Gasteiger partial charge in [-0.3, -0.25) is 9.40 Å². The van der Waals surface area contributed by atoms with Gasteiger partial charge in [0.1, 0.15) is 0 Å². The molecule has 0 aliphatic rings. The molecule has 0 saturated heterocycles. The molecule has 0 spiro atoms. The third kappa shape index (κ3) is 2.65. The Bertz CT molecular complexity index is 651. The van der Waals surface area contributed by atoms with E-state index in [1.807, 2.05) is 18.4 Å². The Morgan fingerprint density at radius 2 is 2.06 bits per heavy atom. The van der Waals surface area contributed by atoms with Crippen molar-refractivity contribution in [1.82, 2.24) is 15.0 Å². The molecule has 1 heterocycles. The normalized spacial score (nSPS) is 11.4. The molecule has 8 heteroatoms. The van der Waals surface area contributed by atoms with Gasteiger partial charge >= 0.3 is 0 Å². The topological polar surface area (TPSA) is 76.9 Å². The van der Waals surface area contributed by atoms with Gasteiger partial charge in [-0.05, 0) is 18.4 Å². The van der Waals surface area contributed by atoms with Gasteiger partial charge in [-0.1, -0.05) is 17.3 Å². The van der Waals surface area contributed by atoms with Crippen molar-refractivity contribution in [3.05, 3.63) is 30.5 Å². The molecular formula is C10H12N4O2S2. The van der Waals surface area contributed by atoms with E-state index in [0.717, 1.165) is 4.90 Å². The average molecular weight is 284 g/mol. The number of rotatable bonds is 4. The van der Waals surface area contributed by atoms with Crippen molar-refractivity contribution in [1.29, 1.82) is 0 Å². The van der Waals surface area contributed by atoms with Crippen LogP contribution >= 0.6 is 11.8 Å². The molecule has 1 N–H and O–H groups in total. The van der Waals surface area contributed by atoms with Crippen LogP contribution in [0.25, 0.3) is 0 Å². The van der Waals surface area contributed by atoms with Crippen molar-refractivity contribution in [2.24, 2.45) is 7.05 Å². The van der Waals surface area contributed by atoms with Gasteiger partial charge in [-0.15, -0.1) is 16.9 Å². The molecule has 0 unspecified atom stereocenters. The Hall–Kier alpha value is -1.54. The summed E-state index contributed by atoms with van der Waals surface area (Å²) in [4.78, 5) is 0.852. The maximum absolute atomic E-state index is 12.0. The van der Waals surface area contributed by atoms with Crippen LogP contribution in [-0.2, 0) is 17.1 Å². The summed E-state index contributed by atoms with van der Waals surface area (Å²) in [5, 5.41) is 7.11. The molecule has 6 nitrogen and oxygen atoms in total. The highest BCUT2D eigenvalue weighted by atomic mass is 32.2. The van der Waals surface area contributed by atoms with Crippen LogP contribution in [0, 0.1) is 0 Å². The molecule has 0 bridgehead atoms. The minimum absolute atomic E-state index is 0.0964. The second kappa shape index (κ2) is 4.99. The predicted molar refractivity (Wildman–Crippen MR) is 70.0 cm³/mol. The molecule has 0 atom stereocenters. The van der Waals surface area contributed by atoms with E-state index in [2.05, 4.69) is 15.0 Å². The van der Waals surface area contributed by atoms with Crippen molar-refractivity contribution in [2.45, 2.75) is 9.92 Å². The van der Waals surface area contributed by atoms with E-state index >= 15 is 0 Å². The summed E-state index contributed by atoms with van der Waals surface area (Å²) < 4.78 is 27.9. The molecule has 0 radical (unpaired) electrons. The van der Waals surface area contributed by atoms with Crippen LogP contribution in [0.4, 0.5) is 5.69 Å². The van der Waals surface area contributed by atoms with Crippen LogP contribution in [0.1, 0.15) is 0 Å². The monoisotopic (exact) mass is 284 g/mol. The van der Waals surface area contributed by atoms with Gasteiger partial charge in [0.15, 0.2) is 0 Å². The zero-order valence-corrected chi connectivity index (χ0v) is 11.5. The minimum Gasteiger partial charge on any atom is -0.277 e. The Morgan fingerprint density at radius 3 is 2.67 bits per heavy atom. The van der Waals surface area contributed by atoms with Crippen molar-refractivity contribution in [3.8, 4) is 0 Å². The van der Waals surface area contributed by atoms with Crippen molar-refractivity contribution < 1.29 is 8.42 Å². The molecular weight excluding hydrogens is 272 g/mol. The van der Waals surface area contributed by atoms with Gasteiger partial charge in [0, 0.05) is 11.9 Å². The second-order valence-corrected chi connectivity index (χ2v) is 6.01. The summed E-state index contributed by atoms with van der Waals surface area (Å²) in [6.45, 7) is 0. The van der Waals surface area contributed by atoms with Crippen LogP contribution in [-0.4, -0.2) is 29.7 Å². The highest BCUT2D eigenvalue weighted by Gasteiger charge is 2.19. The quantitative estimate of drug-likeness (QED) is 0.857. The summed E-state index contributed by atoms with van der Waals surface area (Å²) >= 11 is 1.47. The standard InChI is InChI=1S/C10H12N4O2S2/c1-14-7-10(11-13-14)18(15,16)12-8-5-3-4-6-9(8)17-2/h3-7,12H,1-2H3. The molecule has 0 saturated carbocycles. The van der Waals surface area contributed by atoms with Gasteiger partial charge in [-0.2, -0.15) is 8.42 Å². The molecule has 2 aromatic rings. The number of thioether (sulfide) groups is 1. The number of aryl methyl sites for hydroxylation is 1. The van der Waals surface area contributed by atoms with Gasteiger partial charge < -0.3 is 0 Å². The minimum atomic E-state index is -3.68. The smallest absolute Gasteiger partial charge is 0.277 e. The van der Waals surface area contributed by atoms with E-state index in [4.69, 9.17) is 0 Å². The number of nitrogens with zero attached hydrogens (tertiary/aromatic N) is 3. The summed E-state index contributed by atoms with van der Waals surface area (Å²) in [7, 11) is -2.07. The summed E-state index contributed by atoms with van der Waals surface area (Å²) in [5.41, 5.74) is 0.538. The SMILES string of the molecule is CSc1ccccc1NS(=O)(=O)c1cn(C)nn1. The van der Waals surface area contributed by atoms with E-state index in [1.54, 1.807) is 19.2 Å². The molecule has 1 aromatic heterocycles. The fourth-order valence-corrected chi connectivity index (χ4v) is 3.00. The number of anilines is 1.